The van der Waals surface area contributed by atoms with Crippen LogP contribution in [0.1, 0.15) is 20.3 Å². The quantitative estimate of drug-likeness (QED) is 0.373. The largest absolute Gasteiger partial charge is 0.360 e. The van der Waals surface area contributed by atoms with Crippen molar-refractivity contribution >= 4 is 34.7 Å². The normalized spacial score (nSPS) is 13.9. The van der Waals surface area contributed by atoms with Gasteiger partial charge in [-0.2, -0.15) is 0 Å². The van der Waals surface area contributed by atoms with E-state index in [0.29, 0.717) is 19.5 Å². The molecule has 0 aromatic heterocycles. The minimum absolute atomic E-state index is 0.0787. The van der Waals surface area contributed by atoms with Crippen LogP contribution in [-0.2, 0) is 9.59 Å². The molecule has 0 saturated carbocycles. The molecule has 0 radical (unpaired) electrons. The first-order valence-electron chi connectivity index (χ1n) is 5.63. The highest BCUT2D eigenvalue weighted by molar-refractivity contribution is 6.88. The topological polar surface area (TPSA) is 70.2 Å². The summed E-state index contributed by atoms with van der Waals surface area (Å²) in [6.07, 6.45) is 0.382. The van der Waals surface area contributed by atoms with E-state index in [1.807, 2.05) is 14.7 Å². The average Bonchev–Trinajstić information content (AvgIpc) is 2.17. The van der Waals surface area contributed by atoms with Crippen molar-refractivity contribution in [2.45, 2.75) is 25.8 Å². The van der Waals surface area contributed by atoms with Gasteiger partial charge in [0, 0.05) is 19.5 Å². The van der Waals surface area contributed by atoms with E-state index in [1.165, 1.54) is 6.92 Å². The van der Waals surface area contributed by atoms with Gasteiger partial charge >= 0.3 is 0 Å². The molecule has 0 spiro atoms. The van der Waals surface area contributed by atoms with Crippen LogP contribution in [-0.4, -0.2) is 53.3 Å². The molecule has 0 heterocycles. The zero-order chi connectivity index (χ0) is 12.6. The molecular formula is C8H20B3N3O2. The molecule has 5 nitrogen and oxygen atoms in total. The van der Waals surface area contributed by atoms with Crippen LogP contribution in [0.15, 0.2) is 0 Å². The lowest BCUT2D eigenvalue weighted by Crippen LogP contribution is -2.61. The van der Waals surface area contributed by atoms with E-state index < -0.39 is 5.54 Å². The number of hydrogen-bond acceptors (Lipinski definition) is 4. The summed E-state index contributed by atoms with van der Waals surface area (Å²) >= 11 is 0. The van der Waals surface area contributed by atoms with Gasteiger partial charge in [-0.25, -0.2) is 0 Å². The molecule has 3 N–H and O–H groups in total. The van der Waals surface area contributed by atoms with Crippen molar-refractivity contribution in [1.82, 2.24) is 15.8 Å². The Hall–Kier alpha value is -0.745. The first-order chi connectivity index (χ1) is 7.46. The number of carbonyl (C=O) groups excluding carboxylic acids is 2. The van der Waals surface area contributed by atoms with Gasteiger partial charge in [-0.3, -0.25) is 9.59 Å². The van der Waals surface area contributed by atoms with Crippen LogP contribution < -0.4 is 15.8 Å². The molecule has 1 atom stereocenters. The maximum Gasteiger partial charge on any atom is 0.240 e. The maximum atomic E-state index is 11.9. The fourth-order valence-corrected chi connectivity index (χ4v) is 1.51. The van der Waals surface area contributed by atoms with Gasteiger partial charge in [0.25, 0.3) is 0 Å². The first-order valence-corrected chi connectivity index (χ1v) is 5.63. The Morgan fingerprint density at radius 3 is 2.50 bits per heavy atom. The zero-order valence-electron chi connectivity index (χ0n) is 10.6. The Balaban J connectivity index is 4.21. The standard InChI is InChI=1S/C8H20B3N3O2/c1-6(15)3-4-12-7(16)8(2,5-13-10)14-11-9/h11,13-14H,3-5,9-10H2,1-2H3,(H,12,16)/t8-/m0/s1. The van der Waals surface area contributed by atoms with Gasteiger partial charge in [0.05, 0.1) is 13.3 Å². The van der Waals surface area contributed by atoms with Gasteiger partial charge in [0.2, 0.25) is 5.91 Å². The van der Waals surface area contributed by atoms with Crippen LogP contribution in [0.2, 0.25) is 0 Å². The molecule has 16 heavy (non-hydrogen) atoms. The second-order valence-electron chi connectivity index (χ2n) is 4.10. The molecule has 0 aliphatic carbocycles. The fourth-order valence-electron chi connectivity index (χ4n) is 1.51. The summed E-state index contributed by atoms with van der Waals surface area (Å²) in [5, 5.41) is 8.88. The summed E-state index contributed by atoms with van der Waals surface area (Å²) in [6.45, 7) is 4.31. The smallest absolute Gasteiger partial charge is 0.240 e. The van der Waals surface area contributed by atoms with Crippen molar-refractivity contribution < 1.29 is 9.59 Å². The van der Waals surface area contributed by atoms with Crippen molar-refractivity contribution in [2.24, 2.45) is 0 Å². The Morgan fingerprint density at radius 2 is 2.06 bits per heavy atom. The molecule has 8 heteroatoms. The van der Waals surface area contributed by atoms with Crippen LogP contribution in [0.3, 0.4) is 0 Å². The third-order valence-corrected chi connectivity index (χ3v) is 2.36. The van der Waals surface area contributed by atoms with Crippen LogP contribution in [0.5, 0.6) is 0 Å². The highest BCUT2D eigenvalue weighted by Gasteiger charge is 2.30. The lowest BCUT2D eigenvalue weighted by Gasteiger charge is -2.29. The maximum absolute atomic E-state index is 11.9. The summed E-state index contributed by atoms with van der Waals surface area (Å²) in [6, 6.07) is 0. The number of carbonyl (C=O) groups is 2. The van der Waals surface area contributed by atoms with Crippen molar-refractivity contribution in [2.75, 3.05) is 13.1 Å². The van der Waals surface area contributed by atoms with Crippen molar-refractivity contribution in [3.8, 4) is 0 Å². The third-order valence-electron chi connectivity index (χ3n) is 2.36. The molecule has 0 aromatic rings. The van der Waals surface area contributed by atoms with E-state index in [9.17, 15) is 9.59 Å². The van der Waals surface area contributed by atoms with Crippen LogP contribution >= 0.6 is 0 Å². The van der Waals surface area contributed by atoms with Gasteiger partial charge in [0.15, 0.2) is 15.3 Å². The molecule has 0 rings (SSSR count). The fraction of sp³-hybridized carbons (Fsp3) is 0.750. The second kappa shape index (κ2) is 7.52. The molecule has 0 aliphatic rings. The van der Waals surface area contributed by atoms with Gasteiger partial charge < -0.3 is 15.8 Å². The first kappa shape index (κ1) is 15.3. The second-order valence-corrected chi connectivity index (χ2v) is 4.10. The van der Waals surface area contributed by atoms with E-state index in [4.69, 9.17) is 0 Å². The lowest BCUT2D eigenvalue weighted by atomic mass is 9.65. The minimum atomic E-state index is -0.625. The minimum Gasteiger partial charge on any atom is -0.360 e. The van der Waals surface area contributed by atoms with E-state index in [-0.39, 0.29) is 11.7 Å². The van der Waals surface area contributed by atoms with Gasteiger partial charge in [0.1, 0.15) is 5.78 Å². The van der Waals surface area contributed by atoms with Crippen LogP contribution in [0, 0.1) is 0 Å². The summed E-state index contributed by atoms with van der Waals surface area (Å²) in [5.74, 6) is 0.00372. The molecule has 0 fully saturated rings. The van der Waals surface area contributed by atoms with Gasteiger partial charge in [-0.1, -0.05) is 0 Å². The molecular weight excluding hydrogens is 203 g/mol. The molecule has 0 saturated heterocycles. The SMILES string of the molecule is BBN[C@@](C)(CNB)C(=O)NCCC(C)=O. The Bertz CT molecular complexity index is 245. The highest BCUT2D eigenvalue weighted by atomic mass is 16.2. The zero-order valence-corrected chi connectivity index (χ0v) is 10.6. The monoisotopic (exact) mass is 223 g/mol. The average molecular weight is 223 g/mol. The lowest BCUT2D eigenvalue weighted by molar-refractivity contribution is -0.126. The number of rotatable bonds is 8. The predicted molar refractivity (Wildman–Crippen MR) is 72.1 cm³/mol. The van der Waals surface area contributed by atoms with Crippen molar-refractivity contribution in [1.29, 1.82) is 0 Å². The van der Waals surface area contributed by atoms with Crippen molar-refractivity contribution in [3.05, 3.63) is 0 Å². The van der Waals surface area contributed by atoms with Gasteiger partial charge in [-0.15, -0.1) is 0 Å². The molecule has 0 aliphatic heterocycles. The van der Waals surface area contributed by atoms with E-state index in [1.54, 1.807) is 7.98 Å². The summed E-state index contributed by atoms with van der Waals surface area (Å²) in [4.78, 5) is 22.6. The summed E-state index contributed by atoms with van der Waals surface area (Å²) < 4.78 is 0. The molecule has 1 amide bonds. The summed E-state index contributed by atoms with van der Waals surface area (Å²) in [5.41, 5.74) is -0.625. The third kappa shape index (κ3) is 5.37. The number of ketones is 1. The predicted octanol–water partition coefficient (Wildman–Crippen LogP) is -3.53. The molecule has 0 unspecified atom stereocenters. The van der Waals surface area contributed by atoms with E-state index >= 15 is 0 Å². The summed E-state index contributed by atoms with van der Waals surface area (Å²) in [7, 11) is 4.48. The molecule has 0 aromatic carbocycles. The van der Waals surface area contributed by atoms with Gasteiger partial charge in [-0.05, 0) is 13.8 Å². The number of nitrogens with one attached hydrogen (secondary N) is 3. The van der Waals surface area contributed by atoms with Crippen molar-refractivity contribution in [3.63, 3.8) is 0 Å². The van der Waals surface area contributed by atoms with Crippen LogP contribution in [0.4, 0.5) is 0 Å². The molecule has 0 bridgehead atoms. The molecule has 88 valence electrons. The highest BCUT2D eigenvalue weighted by Crippen LogP contribution is 2.01. The Morgan fingerprint density at radius 1 is 1.44 bits per heavy atom. The number of Topliss-reactive ketones (excluding diaryl/α,β-unsaturated/α-hetero) is 1. The number of amides is 1. The van der Waals surface area contributed by atoms with E-state index in [0.717, 1.165) is 7.31 Å². The van der Waals surface area contributed by atoms with Crippen LogP contribution in [0.25, 0.3) is 0 Å². The Labute approximate surface area is 99.6 Å². The Kier molecular flexibility index (Phi) is 7.17. The van der Waals surface area contributed by atoms with E-state index in [2.05, 4.69) is 15.8 Å². The number of hydrogen-bond donors (Lipinski definition) is 3.